The zero-order valence-corrected chi connectivity index (χ0v) is 20.2. The number of hydrogen-bond acceptors (Lipinski definition) is 10. The van der Waals surface area contributed by atoms with Crippen LogP contribution in [0.4, 0.5) is 27.8 Å². The van der Waals surface area contributed by atoms with Gasteiger partial charge in [0.05, 0.1) is 23.4 Å². The monoisotopic (exact) mass is 528 g/mol. The highest BCUT2D eigenvalue weighted by atomic mass is 16.6. The molecule has 0 fully saturated rings. The minimum absolute atomic E-state index is 0.107. The van der Waals surface area contributed by atoms with E-state index in [-0.39, 0.29) is 29.0 Å². The maximum absolute atomic E-state index is 12.9. The van der Waals surface area contributed by atoms with Gasteiger partial charge in [-0.25, -0.2) is 14.5 Å². The van der Waals surface area contributed by atoms with E-state index in [4.69, 9.17) is 15.2 Å². The van der Waals surface area contributed by atoms with Crippen LogP contribution in [0.3, 0.4) is 0 Å². The minimum atomic E-state index is -0.679. The summed E-state index contributed by atoms with van der Waals surface area (Å²) in [6, 6.07) is 15.3. The van der Waals surface area contributed by atoms with Crippen LogP contribution in [0.2, 0.25) is 0 Å². The molecule has 3 heterocycles. The van der Waals surface area contributed by atoms with Crippen LogP contribution in [0.1, 0.15) is 0 Å². The van der Waals surface area contributed by atoms with Crippen LogP contribution in [-0.4, -0.2) is 42.9 Å². The van der Waals surface area contributed by atoms with Crippen molar-refractivity contribution >= 4 is 39.9 Å². The zero-order valence-electron chi connectivity index (χ0n) is 20.2. The van der Waals surface area contributed by atoms with E-state index in [0.717, 1.165) is 0 Å². The van der Waals surface area contributed by atoms with Gasteiger partial charge in [-0.1, -0.05) is 0 Å². The van der Waals surface area contributed by atoms with Crippen molar-refractivity contribution in [1.82, 2.24) is 19.7 Å². The number of pyridine rings is 2. The fraction of sp³-hybridized carbons (Fsp3) is 0.0400. The molecule has 0 saturated carbocycles. The standard InChI is InChI=1S/C25H20N8O6/c1-38-15-6-4-14(5-7-15)32-20(13-21(34)31-32)30-25(35)29-17-8-9-18(22-16(17)3-2-11-27-22)39-19-10-12-28-24(26)23(19)33(36)37/h2-13H,1H3,(H2,26,28)(H,31,34)(H2,29,30,35). The van der Waals surface area contributed by atoms with E-state index < -0.39 is 16.6 Å². The first-order valence-electron chi connectivity index (χ1n) is 11.3. The first kappa shape index (κ1) is 24.8. The summed E-state index contributed by atoms with van der Waals surface area (Å²) in [5, 5.41) is 31.4. The van der Waals surface area contributed by atoms with Crippen LogP contribution in [-0.2, 0) is 0 Å². The number of methoxy groups -OCH3 is 1. The van der Waals surface area contributed by atoms with Crippen LogP contribution in [0.5, 0.6) is 23.1 Å². The van der Waals surface area contributed by atoms with Crippen molar-refractivity contribution in [3.8, 4) is 28.8 Å². The van der Waals surface area contributed by atoms with E-state index in [1.54, 1.807) is 49.6 Å². The minimum Gasteiger partial charge on any atom is -0.497 e. The Kier molecular flexibility index (Phi) is 6.48. The number of urea groups is 1. The Bertz CT molecular complexity index is 1700. The van der Waals surface area contributed by atoms with Crippen molar-refractivity contribution in [2.45, 2.75) is 0 Å². The number of amides is 2. The third-order valence-corrected chi connectivity index (χ3v) is 5.55. The summed E-state index contributed by atoms with van der Waals surface area (Å²) in [4.78, 5) is 31.8. The molecule has 0 aliphatic carbocycles. The van der Waals surface area contributed by atoms with Gasteiger partial charge >= 0.3 is 11.7 Å². The van der Waals surface area contributed by atoms with Crippen LogP contribution in [0.25, 0.3) is 16.6 Å². The number of aromatic nitrogens is 4. The number of rotatable bonds is 7. The summed E-state index contributed by atoms with van der Waals surface area (Å²) in [7, 11) is 1.54. The second-order valence-corrected chi connectivity index (χ2v) is 7.99. The fourth-order valence-electron chi connectivity index (χ4n) is 3.82. The molecule has 2 aromatic carbocycles. The number of nitrogens with zero attached hydrogens (tertiary/aromatic N) is 5. The Labute approximate surface area is 219 Å². The van der Waals surface area contributed by atoms with E-state index >= 15 is 0 Å². The predicted octanol–water partition coefficient (Wildman–Crippen LogP) is 4.46. The fourth-order valence-corrected chi connectivity index (χ4v) is 3.82. The summed E-state index contributed by atoms with van der Waals surface area (Å²) in [6.45, 7) is 0. The SMILES string of the molecule is COc1ccc(-n2nc(O)cc2NC(=O)Nc2ccc(Oc3ccnc(N)c3[N+](=O)[O-])c3ncccc23)cc1. The van der Waals surface area contributed by atoms with Crippen molar-refractivity contribution < 1.29 is 24.3 Å². The van der Waals surface area contributed by atoms with Crippen LogP contribution < -0.4 is 25.8 Å². The molecule has 3 aromatic heterocycles. The van der Waals surface area contributed by atoms with E-state index in [0.29, 0.717) is 28.0 Å². The lowest BCUT2D eigenvalue weighted by Crippen LogP contribution is -2.21. The largest absolute Gasteiger partial charge is 0.497 e. The van der Waals surface area contributed by atoms with Crippen LogP contribution >= 0.6 is 0 Å². The average Bonchev–Trinajstić information content (AvgIpc) is 3.29. The number of carbonyl (C=O) groups excluding carboxylic acids is 1. The molecule has 0 aliphatic rings. The smallest absolute Gasteiger partial charge is 0.353 e. The van der Waals surface area contributed by atoms with E-state index in [1.807, 2.05) is 0 Å². The lowest BCUT2D eigenvalue weighted by molar-refractivity contribution is -0.384. The molecule has 2 amide bonds. The number of fused-ring (bicyclic) bond motifs is 1. The average molecular weight is 528 g/mol. The third-order valence-electron chi connectivity index (χ3n) is 5.55. The molecule has 0 atom stereocenters. The highest BCUT2D eigenvalue weighted by molar-refractivity contribution is 6.06. The van der Waals surface area contributed by atoms with Gasteiger partial charge < -0.3 is 25.6 Å². The summed E-state index contributed by atoms with van der Waals surface area (Å²) in [6.07, 6.45) is 2.81. The number of hydrogen-bond donors (Lipinski definition) is 4. The Morgan fingerprint density at radius 3 is 2.59 bits per heavy atom. The Hall–Kier alpha value is -5.92. The number of aromatic hydroxyl groups is 1. The summed E-state index contributed by atoms with van der Waals surface area (Å²) < 4.78 is 12.3. The van der Waals surface area contributed by atoms with Crippen molar-refractivity contribution in [3.63, 3.8) is 0 Å². The first-order valence-corrected chi connectivity index (χ1v) is 11.3. The van der Waals surface area contributed by atoms with Gasteiger partial charge in [0.15, 0.2) is 5.75 Å². The molecular weight excluding hydrogens is 508 g/mol. The Balaban J connectivity index is 1.41. The van der Waals surface area contributed by atoms with Gasteiger partial charge in [-0.05, 0) is 48.5 Å². The molecule has 0 saturated heterocycles. The topological polar surface area (TPSA) is 193 Å². The number of carbonyl (C=O) groups is 1. The van der Waals surface area contributed by atoms with Gasteiger partial charge in [0.2, 0.25) is 17.4 Å². The second kappa shape index (κ2) is 10.2. The summed E-state index contributed by atoms with van der Waals surface area (Å²) >= 11 is 0. The number of nitro groups is 1. The molecule has 0 bridgehead atoms. The molecule has 0 spiro atoms. The first-order chi connectivity index (χ1) is 18.8. The summed E-state index contributed by atoms with van der Waals surface area (Å²) in [5.41, 5.74) is 6.48. The van der Waals surface area contributed by atoms with E-state index in [1.165, 1.54) is 35.3 Å². The lowest BCUT2D eigenvalue weighted by atomic mass is 10.1. The Morgan fingerprint density at radius 1 is 1.05 bits per heavy atom. The van der Waals surface area contributed by atoms with Gasteiger partial charge in [0.25, 0.3) is 0 Å². The van der Waals surface area contributed by atoms with Gasteiger partial charge in [0.1, 0.15) is 17.1 Å². The van der Waals surface area contributed by atoms with Gasteiger partial charge in [-0.3, -0.25) is 20.4 Å². The molecule has 0 radical (unpaired) electrons. The maximum atomic E-state index is 12.9. The molecule has 39 heavy (non-hydrogen) atoms. The zero-order chi connectivity index (χ0) is 27.5. The number of nitrogen functional groups attached to an aromatic ring is 1. The van der Waals surface area contributed by atoms with Crippen molar-refractivity contribution in [2.75, 3.05) is 23.5 Å². The van der Waals surface area contributed by atoms with Crippen molar-refractivity contribution in [3.05, 3.63) is 83.2 Å². The molecular formula is C25H20N8O6. The number of nitrogens with two attached hydrogens (primary N) is 1. The third kappa shape index (κ3) is 5.01. The van der Waals surface area contributed by atoms with E-state index in [9.17, 15) is 20.0 Å². The van der Waals surface area contributed by atoms with Crippen LogP contribution in [0.15, 0.2) is 73.1 Å². The number of anilines is 3. The number of nitrogens with one attached hydrogen (secondary N) is 2. The molecule has 5 rings (SSSR count). The molecule has 196 valence electrons. The lowest BCUT2D eigenvalue weighted by Gasteiger charge is -2.14. The molecule has 5 aromatic rings. The maximum Gasteiger partial charge on any atom is 0.353 e. The van der Waals surface area contributed by atoms with Gasteiger partial charge in [-0.15, -0.1) is 5.10 Å². The predicted molar refractivity (Wildman–Crippen MR) is 142 cm³/mol. The second-order valence-electron chi connectivity index (χ2n) is 7.99. The van der Waals surface area contributed by atoms with Gasteiger partial charge in [0, 0.05) is 29.9 Å². The highest BCUT2D eigenvalue weighted by Gasteiger charge is 2.22. The Morgan fingerprint density at radius 2 is 1.85 bits per heavy atom. The molecule has 14 heteroatoms. The van der Waals surface area contributed by atoms with E-state index in [2.05, 4.69) is 25.7 Å². The van der Waals surface area contributed by atoms with Crippen molar-refractivity contribution in [1.29, 1.82) is 0 Å². The van der Waals surface area contributed by atoms with Gasteiger partial charge in [-0.2, -0.15) is 0 Å². The molecule has 0 aliphatic heterocycles. The molecule has 14 nitrogen and oxygen atoms in total. The molecule has 5 N–H and O–H groups in total. The molecule has 0 unspecified atom stereocenters. The number of ether oxygens (including phenoxy) is 2. The highest BCUT2D eigenvalue weighted by Crippen LogP contribution is 2.38. The quantitative estimate of drug-likeness (QED) is 0.173. The van der Waals surface area contributed by atoms with Crippen LogP contribution in [0, 0.1) is 10.1 Å². The van der Waals surface area contributed by atoms with Crippen molar-refractivity contribution in [2.24, 2.45) is 0 Å². The normalized spacial score (nSPS) is 10.7. The number of benzene rings is 2. The summed E-state index contributed by atoms with van der Waals surface area (Å²) in [5.74, 6) is 0.363.